The van der Waals surface area contributed by atoms with Crippen LogP contribution in [0.3, 0.4) is 0 Å². The fourth-order valence-corrected chi connectivity index (χ4v) is 6.10. The molecule has 2 atom stereocenters. The van der Waals surface area contributed by atoms with Gasteiger partial charge in [-0.3, -0.25) is 9.59 Å². The first-order valence-corrected chi connectivity index (χ1v) is 11.1. The molecular formula is C17H23NO5S2. The highest BCUT2D eigenvalue weighted by atomic mass is 32.2. The first-order valence-electron chi connectivity index (χ1n) is 8.21. The molecule has 0 aromatic heterocycles. The number of carbonyl (C=O) groups is 2. The third kappa shape index (κ3) is 6.70. The van der Waals surface area contributed by atoms with Gasteiger partial charge < -0.3 is 10.1 Å². The van der Waals surface area contributed by atoms with Crippen LogP contribution in [0.1, 0.15) is 31.4 Å². The summed E-state index contributed by atoms with van der Waals surface area (Å²) in [6, 6.07) is 8.79. The fraction of sp³-hybridized carbons (Fsp3) is 0.529. The monoisotopic (exact) mass is 385 g/mol. The Labute approximate surface area is 152 Å². The van der Waals surface area contributed by atoms with Gasteiger partial charge in [-0.2, -0.15) is 0 Å². The van der Waals surface area contributed by atoms with Gasteiger partial charge in [0.1, 0.15) is 0 Å². The van der Waals surface area contributed by atoms with E-state index in [4.69, 9.17) is 4.74 Å². The predicted octanol–water partition coefficient (Wildman–Crippen LogP) is 1.72. The summed E-state index contributed by atoms with van der Waals surface area (Å²) < 4.78 is 27.9. The molecule has 1 aliphatic heterocycles. The SMILES string of the molecule is CCOC(=O)CC(NC(=O)CSC1CCS(=O)(=O)C1)c1ccccc1. The van der Waals surface area contributed by atoms with Crippen molar-refractivity contribution in [3.05, 3.63) is 35.9 Å². The minimum Gasteiger partial charge on any atom is -0.466 e. The van der Waals surface area contributed by atoms with Crippen LogP contribution in [-0.4, -0.2) is 49.4 Å². The molecule has 1 saturated heterocycles. The third-order valence-corrected chi connectivity index (χ3v) is 7.14. The standard InChI is InChI=1S/C17H23NO5S2/c1-2-23-17(20)10-15(13-6-4-3-5-7-13)18-16(19)11-24-14-8-9-25(21,22)12-14/h3-7,14-15H,2,8-12H2,1H3,(H,18,19). The third-order valence-electron chi connectivity index (χ3n) is 3.85. The summed E-state index contributed by atoms with van der Waals surface area (Å²) >= 11 is 1.35. The Bertz CT molecular complexity index is 690. The summed E-state index contributed by atoms with van der Waals surface area (Å²) in [6.45, 7) is 2.03. The fourth-order valence-electron chi connectivity index (χ4n) is 2.65. The van der Waals surface area contributed by atoms with Gasteiger partial charge in [0.05, 0.1) is 36.3 Å². The molecule has 1 amide bonds. The summed E-state index contributed by atoms with van der Waals surface area (Å²) in [5.74, 6) is -0.0806. The second-order valence-electron chi connectivity index (χ2n) is 5.88. The van der Waals surface area contributed by atoms with Crippen molar-refractivity contribution in [2.45, 2.75) is 31.1 Å². The quantitative estimate of drug-likeness (QED) is 0.686. The van der Waals surface area contributed by atoms with E-state index in [1.165, 1.54) is 11.8 Å². The topological polar surface area (TPSA) is 89.5 Å². The number of esters is 1. The number of hydrogen-bond acceptors (Lipinski definition) is 6. The maximum atomic E-state index is 12.3. The van der Waals surface area contributed by atoms with E-state index in [1.807, 2.05) is 30.3 Å². The van der Waals surface area contributed by atoms with Gasteiger partial charge in [0.25, 0.3) is 0 Å². The second-order valence-corrected chi connectivity index (χ2v) is 9.39. The Balaban J connectivity index is 1.91. The summed E-state index contributed by atoms with van der Waals surface area (Å²) in [5.41, 5.74) is 0.831. The van der Waals surface area contributed by atoms with Crippen molar-refractivity contribution in [2.75, 3.05) is 23.9 Å². The van der Waals surface area contributed by atoms with E-state index >= 15 is 0 Å². The number of carbonyl (C=O) groups excluding carboxylic acids is 2. The lowest BCUT2D eigenvalue weighted by Crippen LogP contribution is -2.32. The molecule has 0 saturated carbocycles. The van der Waals surface area contributed by atoms with Gasteiger partial charge in [0, 0.05) is 5.25 Å². The summed E-state index contributed by atoms with van der Waals surface area (Å²) in [5, 5.41) is 2.83. The van der Waals surface area contributed by atoms with Crippen LogP contribution in [0, 0.1) is 0 Å². The lowest BCUT2D eigenvalue weighted by Gasteiger charge is -2.19. The summed E-state index contributed by atoms with van der Waals surface area (Å²) in [7, 11) is -2.95. The molecule has 0 spiro atoms. The Morgan fingerprint density at radius 3 is 2.64 bits per heavy atom. The number of nitrogens with one attached hydrogen (secondary N) is 1. The van der Waals surface area contributed by atoms with Crippen molar-refractivity contribution in [3.8, 4) is 0 Å². The maximum absolute atomic E-state index is 12.3. The first kappa shape index (κ1) is 19.8. The first-order chi connectivity index (χ1) is 11.9. The predicted molar refractivity (Wildman–Crippen MR) is 98.1 cm³/mol. The average molecular weight is 386 g/mol. The summed E-state index contributed by atoms with van der Waals surface area (Å²) in [6.07, 6.45) is 0.650. The van der Waals surface area contributed by atoms with Gasteiger partial charge in [-0.1, -0.05) is 30.3 Å². The highest BCUT2D eigenvalue weighted by molar-refractivity contribution is 8.02. The summed E-state index contributed by atoms with van der Waals surface area (Å²) in [4.78, 5) is 24.1. The van der Waals surface area contributed by atoms with Crippen LogP contribution < -0.4 is 5.32 Å². The van der Waals surface area contributed by atoms with Gasteiger partial charge in [-0.25, -0.2) is 8.42 Å². The minimum atomic E-state index is -2.95. The molecule has 1 N–H and O–H groups in total. The Kier molecular flexibility index (Phi) is 7.31. The zero-order valence-corrected chi connectivity index (χ0v) is 15.8. The van der Waals surface area contributed by atoms with Crippen LogP contribution in [-0.2, 0) is 24.2 Å². The van der Waals surface area contributed by atoms with Gasteiger partial charge in [0.2, 0.25) is 5.91 Å². The van der Waals surface area contributed by atoms with Crippen LogP contribution in [0.25, 0.3) is 0 Å². The van der Waals surface area contributed by atoms with E-state index in [-0.39, 0.29) is 40.8 Å². The molecule has 2 unspecified atom stereocenters. The molecule has 6 nitrogen and oxygen atoms in total. The van der Waals surface area contributed by atoms with E-state index in [1.54, 1.807) is 6.92 Å². The molecule has 1 fully saturated rings. The van der Waals surface area contributed by atoms with E-state index in [0.29, 0.717) is 13.0 Å². The van der Waals surface area contributed by atoms with Crippen LogP contribution in [0.2, 0.25) is 0 Å². The Morgan fingerprint density at radius 1 is 1.32 bits per heavy atom. The van der Waals surface area contributed by atoms with Crippen molar-refractivity contribution in [1.29, 1.82) is 0 Å². The number of rotatable bonds is 8. The molecule has 2 rings (SSSR count). The highest BCUT2D eigenvalue weighted by Crippen LogP contribution is 2.24. The molecule has 0 aliphatic carbocycles. The van der Waals surface area contributed by atoms with Crippen molar-refractivity contribution >= 4 is 33.5 Å². The largest absolute Gasteiger partial charge is 0.466 e. The Hall–Kier alpha value is -1.54. The van der Waals surface area contributed by atoms with Gasteiger partial charge in [0.15, 0.2) is 9.84 Å². The van der Waals surface area contributed by atoms with Crippen molar-refractivity contribution in [1.82, 2.24) is 5.32 Å². The maximum Gasteiger partial charge on any atom is 0.308 e. The van der Waals surface area contributed by atoms with Crippen LogP contribution in [0.5, 0.6) is 0 Å². The van der Waals surface area contributed by atoms with Crippen molar-refractivity contribution in [3.63, 3.8) is 0 Å². The number of thioether (sulfide) groups is 1. The number of amides is 1. The number of benzene rings is 1. The van der Waals surface area contributed by atoms with Gasteiger partial charge in [-0.05, 0) is 18.9 Å². The smallest absolute Gasteiger partial charge is 0.308 e. The zero-order chi connectivity index (χ0) is 18.3. The van der Waals surface area contributed by atoms with E-state index < -0.39 is 15.9 Å². The average Bonchev–Trinajstić information content (AvgIpc) is 2.92. The normalized spacial score (nSPS) is 20.0. The molecule has 1 heterocycles. The Morgan fingerprint density at radius 2 is 2.04 bits per heavy atom. The number of hydrogen-bond donors (Lipinski definition) is 1. The number of ether oxygens (including phenoxy) is 1. The van der Waals surface area contributed by atoms with E-state index in [2.05, 4.69) is 5.32 Å². The van der Waals surface area contributed by atoms with Gasteiger partial charge in [-0.15, -0.1) is 11.8 Å². The highest BCUT2D eigenvalue weighted by Gasteiger charge is 2.29. The second kappa shape index (κ2) is 9.24. The van der Waals surface area contributed by atoms with Crippen LogP contribution in [0.4, 0.5) is 0 Å². The van der Waals surface area contributed by atoms with Crippen LogP contribution in [0.15, 0.2) is 30.3 Å². The van der Waals surface area contributed by atoms with Gasteiger partial charge >= 0.3 is 5.97 Å². The molecule has 1 aliphatic rings. The minimum absolute atomic E-state index is 0.0315. The van der Waals surface area contributed by atoms with Crippen molar-refractivity contribution < 1.29 is 22.7 Å². The van der Waals surface area contributed by atoms with Crippen LogP contribution >= 0.6 is 11.8 Å². The number of sulfone groups is 1. The molecule has 1 aromatic carbocycles. The molecule has 25 heavy (non-hydrogen) atoms. The van der Waals surface area contributed by atoms with E-state index in [0.717, 1.165) is 5.56 Å². The van der Waals surface area contributed by atoms with E-state index in [9.17, 15) is 18.0 Å². The van der Waals surface area contributed by atoms with Crippen molar-refractivity contribution in [2.24, 2.45) is 0 Å². The molecular weight excluding hydrogens is 362 g/mol. The lowest BCUT2D eigenvalue weighted by molar-refractivity contribution is -0.143. The molecule has 0 radical (unpaired) electrons. The molecule has 1 aromatic rings. The molecule has 138 valence electrons. The lowest BCUT2D eigenvalue weighted by atomic mass is 10.0. The molecule has 8 heteroatoms. The molecule has 0 bridgehead atoms. The zero-order valence-electron chi connectivity index (χ0n) is 14.1.